The van der Waals surface area contributed by atoms with Gasteiger partial charge in [-0.25, -0.2) is 9.37 Å². The minimum Gasteiger partial charge on any atom is -0.493 e. The van der Waals surface area contributed by atoms with E-state index in [-0.39, 0.29) is 5.82 Å². The van der Waals surface area contributed by atoms with Gasteiger partial charge in [-0.3, -0.25) is 4.40 Å². The summed E-state index contributed by atoms with van der Waals surface area (Å²) in [6.45, 7) is 0.629. The summed E-state index contributed by atoms with van der Waals surface area (Å²) in [5.41, 5.74) is 4.96. The first-order valence-electron chi connectivity index (χ1n) is 9.61. The zero-order chi connectivity index (χ0) is 18.2. The maximum atomic E-state index is 14.4. The first-order valence-corrected chi connectivity index (χ1v) is 9.61. The Labute approximate surface area is 156 Å². The van der Waals surface area contributed by atoms with Gasteiger partial charge in [0.1, 0.15) is 23.7 Å². The summed E-state index contributed by atoms with van der Waals surface area (Å²) in [7, 11) is 0. The Morgan fingerprint density at radius 3 is 3.00 bits per heavy atom. The maximum Gasteiger partial charge on any atom is 0.171 e. The van der Waals surface area contributed by atoms with Crippen LogP contribution in [0.5, 0.6) is 5.75 Å². The standard InChI is InChI=1S/C21H21FN4O/c22-18-7-8-19-16(10-11-27-19)15(18)6-9-20-23-12-17(14-4-2-1-3-5-14)21-25-24-13-26(20)21/h4,7-8,12-13H,1-3,5-6,9-11H2. The molecule has 0 spiro atoms. The molecular weight excluding hydrogens is 343 g/mol. The van der Waals surface area contributed by atoms with Crippen molar-refractivity contribution in [3.05, 3.63) is 59.1 Å². The van der Waals surface area contributed by atoms with Crippen molar-refractivity contribution in [3.63, 3.8) is 0 Å². The van der Waals surface area contributed by atoms with Crippen LogP contribution >= 0.6 is 0 Å². The van der Waals surface area contributed by atoms with Crippen molar-refractivity contribution in [1.29, 1.82) is 0 Å². The zero-order valence-electron chi connectivity index (χ0n) is 15.1. The van der Waals surface area contributed by atoms with Crippen molar-refractivity contribution in [3.8, 4) is 5.75 Å². The third-order valence-electron chi connectivity index (χ3n) is 5.59. The molecule has 0 N–H and O–H groups in total. The van der Waals surface area contributed by atoms with Gasteiger partial charge in [0.25, 0.3) is 0 Å². The fourth-order valence-electron chi connectivity index (χ4n) is 4.18. The highest BCUT2D eigenvalue weighted by atomic mass is 19.1. The van der Waals surface area contributed by atoms with Crippen molar-refractivity contribution in [2.75, 3.05) is 6.61 Å². The van der Waals surface area contributed by atoms with Crippen LogP contribution in [0.15, 0.2) is 30.7 Å². The molecule has 0 unspecified atom stereocenters. The highest BCUT2D eigenvalue weighted by Gasteiger charge is 2.20. The molecule has 3 heterocycles. The first kappa shape index (κ1) is 16.4. The quantitative estimate of drug-likeness (QED) is 0.704. The topological polar surface area (TPSA) is 52.3 Å². The van der Waals surface area contributed by atoms with E-state index in [1.807, 2.05) is 10.6 Å². The van der Waals surface area contributed by atoms with Gasteiger partial charge < -0.3 is 4.74 Å². The lowest BCUT2D eigenvalue weighted by Crippen LogP contribution is -2.07. The summed E-state index contributed by atoms with van der Waals surface area (Å²) < 4.78 is 21.9. The summed E-state index contributed by atoms with van der Waals surface area (Å²) in [6, 6.07) is 3.23. The van der Waals surface area contributed by atoms with Crippen LogP contribution < -0.4 is 4.74 Å². The van der Waals surface area contributed by atoms with E-state index in [2.05, 4.69) is 21.3 Å². The van der Waals surface area contributed by atoms with Gasteiger partial charge in [0.15, 0.2) is 5.65 Å². The van der Waals surface area contributed by atoms with Crippen molar-refractivity contribution in [2.45, 2.75) is 44.9 Å². The van der Waals surface area contributed by atoms with E-state index in [1.54, 1.807) is 12.4 Å². The van der Waals surface area contributed by atoms with Crippen LogP contribution in [0.4, 0.5) is 4.39 Å². The second-order valence-corrected chi connectivity index (χ2v) is 7.19. The molecule has 0 radical (unpaired) electrons. The molecule has 27 heavy (non-hydrogen) atoms. The lowest BCUT2D eigenvalue weighted by molar-refractivity contribution is 0.356. The largest absolute Gasteiger partial charge is 0.493 e. The number of ether oxygens (including phenoxy) is 1. The normalized spacial score (nSPS) is 16.3. The lowest BCUT2D eigenvalue weighted by Gasteiger charge is -2.14. The smallest absolute Gasteiger partial charge is 0.171 e. The Morgan fingerprint density at radius 1 is 1.15 bits per heavy atom. The second kappa shape index (κ2) is 6.76. The number of halogens is 1. The summed E-state index contributed by atoms with van der Waals surface area (Å²) in [5.74, 6) is 1.50. The van der Waals surface area contributed by atoms with Crippen molar-refractivity contribution in [2.24, 2.45) is 0 Å². The minimum atomic E-state index is -0.164. The maximum absolute atomic E-state index is 14.4. The molecule has 5 rings (SSSR count). The average molecular weight is 364 g/mol. The monoisotopic (exact) mass is 364 g/mol. The van der Waals surface area contributed by atoms with Crippen LogP contribution in [-0.4, -0.2) is 26.2 Å². The van der Waals surface area contributed by atoms with Crippen LogP contribution in [0.1, 0.15) is 48.2 Å². The number of nitrogens with zero attached hydrogens (tertiary/aromatic N) is 4. The minimum absolute atomic E-state index is 0.164. The lowest BCUT2D eigenvalue weighted by atomic mass is 9.95. The highest BCUT2D eigenvalue weighted by Crippen LogP contribution is 2.32. The Morgan fingerprint density at radius 2 is 2.11 bits per heavy atom. The van der Waals surface area contributed by atoms with E-state index < -0.39 is 0 Å². The molecule has 138 valence electrons. The molecule has 1 aliphatic carbocycles. The van der Waals surface area contributed by atoms with Crippen molar-refractivity contribution < 1.29 is 9.13 Å². The molecule has 6 heteroatoms. The fourth-order valence-corrected chi connectivity index (χ4v) is 4.18. The third-order valence-corrected chi connectivity index (χ3v) is 5.59. The number of benzene rings is 1. The van der Waals surface area contributed by atoms with E-state index in [4.69, 9.17) is 4.74 Å². The Balaban J connectivity index is 1.46. The molecule has 1 aromatic carbocycles. The van der Waals surface area contributed by atoms with Gasteiger partial charge in [-0.2, -0.15) is 0 Å². The Hall–Kier alpha value is -2.76. The van der Waals surface area contributed by atoms with Crippen LogP contribution in [0.3, 0.4) is 0 Å². The van der Waals surface area contributed by atoms with Crippen LogP contribution in [-0.2, 0) is 19.3 Å². The molecule has 0 saturated heterocycles. The van der Waals surface area contributed by atoms with E-state index in [1.165, 1.54) is 24.5 Å². The summed E-state index contributed by atoms with van der Waals surface area (Å²) in [5, 5.41) is 8.42. The molecule has 0 bridgehead atoms. The Bertz CT molecular complexity index is 1040. The summed E-state index contributed by atoms with van der Waals surface area (Å²) in [6.07, 6.45) is 12.5. The molecule has 2 aliphatic rings. The molecular formula is C21H21FN4O. The zero-order valence-corrected chi connectivity index (χ0v) is 15.1. The molecule has 1 aliphatic heterocycles. The average Bonchev–Trinajstić information content (AvgIpc) is 3.37. The van der Waals surface area contributed by atoms with Gasteiger partial charge in [0.05, 0.1) is 6.61 Å². The van der Waals surface area contributed by atoms with E-state index in [0.29, 0.717) is 19.4 Å². The van der Waals surface area contributed by atoms with E-state index in [0.717, 1.165) is 53.2 Å². The fraction of sp³-hybridized carbons (Fsp3) is 0.381. The predicted molar refractivity (Wildman–Crippen MR) is 100 cm³/mol. The third kappa shape index (κ3) is 2.89. The second-order valence-electron chi connectivity index (χ2n) is 7.19. The molecule has 0 fully saturated rings. The van der Waals surface area contributed by atoms with Crippen molar-refractivity contribution in [1.82, 2.24) is 19.6 Å². The molecule has 2 aromatic heterocycles. The van der Waals surface area contributed by atoms with Gasteiger partial charge >= 0.3 is 0 Å². The summed E-state index contributed by atoms with van der Waals surface area (Å²) >= 11 is 0. The van der Waals surface area contributed by atoms with E-state index >= 15 is 0 Å². The number of fused-ring (bicyclic) bond motifs is 2. The first-order chi connectivity index (χ1) is 13.3. The summed E-state index contributed by atoms with van der Waals surface area (Å²) in [4.78, 5) is 4.68. The van der Waals surface area contributed by atoms with Gasteiger partial charge in [-0.1, -0.05) is 6.08 Å². The predicted octanol–water partition coefficient (Wildman–Crippen LogP) is 3.94. The molecule has 0 atom stereocenters. The Kier molecular flexibility index (Phi) is 4.11. The van der Waals surface area contributed by atoms with Crippen LogP contribution in [0.25, 0.3) is 11.2 Å². The van der Waals surface area contributed by atoms with Crippen LogP contribution in [0, 0.1) is 5.82 Å². The number of aryl methyl sites for hydroxylation is 1. The van der Waals surface area contributed by atoms with Gasteiger partial charge in [0.2, 0.25) is 0 Å². The molecule has 0 saturated carbocycles. The SMILES string of the molecule is Fc1ccc2c(c1CCc1ncc(C3=CCCCC3)c3nncn13)CCO2. The number of aromatic nitrogens is 4. The van der Waals surface area contributed by atoms with Gasteiger partial charge in [0, 0.05) is 30.2 Å². The number of hydrogen-bond acceptors (Lipinski definition) is 4. The van der Waals surface area contributed by atoms with E-state index in [9.17, 15) is 4.39 Å². The molecule has 3 aromatic rings. The number of rotatable bonds is 4. The molecule has 0 amide bonds. The molecule has 5 nitrogen and oxygen atoms in total. The highest BCUT2D eigenvalue weighted by molar-refractivity contribution is 5.75. The van der Waals surface area contributed by atoms with Crippen molar-refractivity contribution >= 4 is 11.2 Å². The number of allylic oxidation sites excluding steroid dienone is 2. The van der Waals surface area contributed by atoms with Gasteiger partial charge in [-0.15, -0.1) is 10.2 Å². The van der Waals surface area contributed by atoms with Crippen LogP contribution in [0.2, 0.25) is 0 Å². The van der Waals surface area contributed by atoms with Gasteiger partial charge in [-0.05, 0) is 55.4 Å². The number of hydrogen-bond donors (Lipinski definition) is 0.